The van der Waals surface area contributed by atoms with Gasteiger partial charge in [0.05, 0.1) is 17.8 Å². The molecule has 0 aliphatic carbocycles. The van der Waals surface area contributed by atoms with Gasteiger partial charge in [0, 0.05) is 25.4 Å². The van der Waals surface area contributed by atoms with Crippen molar-refractivity contribution in [2.45, 2.75) is 58.7 Å². The van der Waals surface area contributed by atoms with Gasteiger partial charge in [0.2, 0.25) is 0 Å². The molecule has 4 heteroatoms. The van der Waals surface area contributed by atoms with E-state index in [1.54, 1.807) is 7.11 Å². The van der Waals surface area contributed by atoms with Crippen molar-refractivity contribution in [3.63, 3.8) is 0 Å². The van der Waals surface area contributed by atoms with Crippen molar-refractivity contribution in [2.75, 3.05) is 13.7 Å². The van der Waals surface area contributed by atoms with Crippen molar-refractivity contribution in [2.24, 2.45) is 0 Å². The van der Waals surface area contributed by atoms with Crippen molar-refractivity contribution in [1.82, 2.24) is 15.1 Å². The SMILES string of the molecule is CCCn1cc(C(NCC)C(C)(CC)OC)cn1. The zero-order chi connectivity index (χ0) is 13.6. The minimum atomic E-state index is -0.198. The first kappa shape index (κ1) is 15.2. The molecule has 0 radical (unpaired) electrons. The summed E-state index contributed by atoms with van der Waals surface area (Å²) in [4.78, 5) is 0. The summed E-state index contributed by atoms with van der Waals surface area (Å²) in [6.07, 6.45) is 6.14. The quantitative estimate of drug-likeness (QED) is 0.774. The van der Waals surface area contributed by atoms with Crippen molar-refractivity contribution in [3.05, 3.63) is 18.0 Å². The summed E-state index contributed by atoms with van der Waals surface area (Å²) in [5, 5.41) is 7.93. The van der Waals surface area contributed by atoms with Crippen molar-refractivity contribution >= 4 is 0 Å². The standard InChI is InChI=1S/C14H27N3O/c1-6-9-17-11-12(10-16-17)13(15-8-3)14(4,7-2)18-5/h10-11,13,15H,6-9H2,1-5H3. The van der Waals surface area contributed by atoms with E-state index in [0.29, 0.717) is 0 Å². The van der Waals surface area contributed by atoms with Crippen molar-refractivity contribution < 1.29 is 4.74 Å². The van der Waals surface area contributed by atoms with Gasteiger partial charge in [0.1, 0.15) is 0 Å². The van der Waals surface area contributed by atoms with Crippen molar-refractivity contribution in [3.8, 4) is 0 Å². The van der Waals surface area contributed by atoms with Crippen LogP contribution in [0.15, 0.2) is 12.4 Å². The highest BCUT2D eigenvalue weighted by molar-refractivity contribution is 5.15. The Bertz CT molecular complexity index is 345. The highest BCUT2D eigenvalue weighted by atomic mass is 16.5. The number of hydrogen-bond acceptors (Lipinski definition) is 3. The van der Waals surface area contributed by atoms with Gasteiger partial charge in [-0.2, -0.15) is 5.10 Å². The zero-order valence-corrected chi connectivity index (χ0v) is 12.4. The Kier molecular flexibility index (Phi) is 5.82. The van der Waals surface area contributed by atoms with E-state index >= 15 is 0 Å². The van der Waals surface area contributed by atoms with Crippen LogP contribution in [-0.2, 0) is 11.3 Å². The lowest BCUT2D eigenvalue weighted by Crippen LogP contribution is -2.42. The molecule has 1 aromatic heterocycles. The van der Waals surface area contributed by atoms with Crippen LogP contribution in [0.3, 0.4) is 0 Å². The largest absolute Gasteiger partial charge is 0.377 e. The van der Waals surface area contributed by atoms with E-state index in [0.717, 1.165) is 25.9 Å². The first-order chi connectivity index (χ1) is 8.61. The van der Waals surface area contributed by atoms with Gasteiger partial charge >= 0.3 is 0 Å². The smallest absolute Gasteiger partial charge is 0.0843 e. The number of hydrogen-bond donors (Lipinski definition) is 1. The summed E-state index contributed by atoms with van der Waals surface area (Å²) in [6.45, 7) is 10.5. The molecule has 0 aliphatic rings. The first-order valence-corrected chi connectivity index (χ1v) is 6.92. The number of aryl methyl sites for hydroxylation is 1. The second kappa shape index (κ2) is 6.90. The number of nitrogens with one attached hydrogen (secondary N) is 1. The number of rotatable bonds is 8. The Morgan fingerprint density at radius 3 is 2.67 bits per heavy atom. The lowest BCUT2D eigenvalue weighted by atomic mass is 9.89. The predicted octanol–water partition coefficient (Wildman–Crippen LogP) is 2.76. The van der Waals surface area contributed by atoms with Gasteiger partial charge in [0.15, 0.2) is 0 Å². The number of methoxy groups -OCH3 is 1. The molecule has 0 aliphatic heterocycles. The molecule has 0 aromatic carbocycles. The average molecular weight is 253 g/mol. The molecular weight excluding hydrogens is 226 g/mol. The number of nitrogens with zero attached hydrogens (tertiary/aromatic N) is 2. The molecule has 1 rings (SSSR count). The van der Waals surface area contributed by atoms with Gasteiger partial charge in [-0.3, -0.25) is 4.68 Å². The van der Waals surface area contributed by atoms with Crippen LogP contribution >= 0.6 is 0 Å². The molecule has 4 nitrogen and oxygen atoms in total. The summed E-state index contributed by atoms with van der Waals surface area (Å²) in [6, 6.07) is 0.183. The van der Waals surface area contributed by atoms with E-state index < -0.39 is 0 Å². The van der Waals surface area contributed by atoms with Crippen LogP contribution in [0.2, 0.25) is 0 Å². The third-order valence-electron chi connectivity index (χ3n) is 3.63. The normalized spacial score (nSPS) is 16.5. The second-order valence-electron chi connectivity index (χ2n) is 4.90. The van der Waals surface area contributed by atoms with Crippen molar-refractivity contribution in [1.29, 1.82) is 0 Å². The molecule has 18 heavy (non-hydrogen) atoms. The maximum Gasteiger partial charge on any atom is 0.0843 e. The molecule has 2 atom stereocenters. The summed E-state index contributed by atoms with van der Waals surface area (Å²) >= 11 is 0. The highest BCUT2D eigenvalue weighted by Gasteiger charge is 2.34. The fourth-order valence-electron chi connectivity index (χ4n) is 2.24. The average Bonchev–Trinajstić information content (AvgIpc) is 2.84. The lowest BCUT2D eigenvalue weighted by Gasteiger charge is -2.35. The molecule has 2 unspecified atom stereocenters. The Hall–Kier alpha value is -0.870. The minimum absolute atomic E-state index is 0.183. The molecule has 0 fully saturated rings. The molecule has 1 aromatic rings. The van der Waals surface area contributed by atoms with Crippen LogP contribution in [0.5, 0.6) is 0 Å². The monoisotopic (exact) mass is 253 g/mol. The molecule has 0 saturated heterocycles. The van der Waals surface area contributed by atoms with Crippen LogP contribution in [0.1, 0.15) is 52.1 Å². The summed E-state index contributed by atoms with van der Waals surface area (Å²) in [5.41, 5.74) is 1.01. The van der Waals surface area contributed by atoms with E-state index in [9.17, 15) is 0 Å². The summed E-state index contributed by atoms with van der Waals surface area (Å²) in [7, 11) is 1.78. The Labute approximate surface area is 111 Å². The third-order valence-corrected chi connectivity index (χ3v) is 3.63. The number of aromatic nitrogens is 2. The minimum Gasteiger partial charge on any atom is -0.377 e. The van der Waals surface area contributed by atoms with Gasteiger partial charge in [-0.1, -0.05) is 20.8 Å². The van der Waals surface area contributed by atoms with Gasteiger partial charge in [0.25, 0.3) is 0 Å². The summed E-state index contributed by atoms with van der Waals surface area (Å²) in [5.74, 6) is 0. The summed E-state index contributed by atoms with van der Waals surface area (Å²) < 4.78 is 7.73. The van der Waals surface area contributed by atoms with E-state index in [4.69, 9.17) is 4.74 Å². The maximum atomic E-state index is 5.73. The van der Waals surface area contributed by atoms with Gasteiger partial charge in [-0.05, 0) is 26.3 Å². The topological polar surface area (TPSA) is 39.1 Å². The fourth-order valence-corrected chi connectivity index (χ4v) is 2.24. The molecule has 0 amide bonds. The predicted molar refractivity (Wildman–Crippen MR) is 74.6 cm³/mol. The van der Waals surface area contributed by atoms with Crippen LogP contribution in [-0.4, -0.2) is 29.0 Å². The lowest BCUT2D eigenvalue weighted by molar-refractivity contribution is -0.0296. The van der Waals surface area contributed by atoms with E-state index in [2.05, 4.69) is 44.3 Å². The number of ether oxygens (including phenoxy) is 1. The number of likely N-dealkylation sites (N-methyl/N-ethyl adjacent to an activating group) is 1. The molecule has 1 N–H and O–H groups in total. The van der Waals surface area contributed by atoms with Crippen LogP contribution in [0.4, 0.5) is 0 Å². The van der Waals surface area contributed by atoms with Gasteiger partial charge < -0.3 is 10.1 Å². The fraction of sp³-hybridized carbons (Fsp3) is 0.786. The van der Waals surface area contributed by atoms with E-state index in [1.165, 1.54) is 5.56 Å². The molecule has 0 spiro atoms. The Balaban J connectivity index is 2.95. The van der Waals surface area contributed by atoms with Crippen LogP contribution in [0.25, 0.3) is 0 Å². The molecule has 104 valence electrons. The van der Waals surface area contributed by atoms with Gasteiger partial charge in [-0.25, -0.2) is 0 Å². The highest BCUT2D eigenvalue weighted by Crippen LogP contribution is 2.31. The van der Waals surface area contributed by atoms with E-state index in [-0.39, 0.29) is 11.6 Å². The Morgan fingerprint density at radius 1 is 1.44 bits per heavy atom. The molecule has 1 heterocycles. The first-order valence-electron chi connectivity index (χ1n) is 6.92. The van der Waals surface area contributed by atoms with Crippen LogP contribution in [0, 0.1) is 0 Å². The third kappa shape index (κ3) is 3.33. The second-order valence-corrected chi connectivity index (χ2v) is 4.90. The van der Waals surface area contributed by atoms with Crippen LogP contribution < -0.4 is 5.32 Å². The molecule has 0 bridgehead atoms. The Morgan fingerprint density at radius 2 is 2.17 bits per heavy atom. The van der Waals surface area contributed by atoms with E-state index in [1.807, 2.05) is 10.9 Å². The van der Waals surface area contributed by atoms with Gasteiger partial charge in [-0.15, -0.1) is 0 Å². The molecule has 0 saturated carbocycles. The molecular formula is C14H27N3O. The zero-order valence-electron chi connectivity index (χ0n) is 12.4. The maximum absolute atomic E-state index is 5.73.